The maximum absolute atomic E-state index is 10.4. The van der Waals surface area contributed by atoms with Crippen molar-refractivity contribution < 1.29 is 5.11 Å². The summed E-state index contributed by atoms with van der Waals surface area (Å²) in [6.07, 6.45) is 7.39. The zero-order valence-electron chi connectivity index (χ0n) is 16.2. The summed E-state index contributed by atoms with van der Waals surface area (Å²) in [6.45, 7) is 3.83. The molecule has 0 bridgehead atoms. The smallest absolute Gasteiger partial charge is 0.116 e. The van der Waals surface area contributed by atoms with Crippen LogP contribution >= 0.6 is 11.6 Å². The normalized spacial score (nSPS) is 20.3. The predicted octanol–water partition coefficient (Wildman–Crippen LogP) is 5.23. The monoisotopic (exact) mass is 396 g/mol. The average molecular weight is 397 g/mol. The van der Waals surface area contributed by atoms with Crippen LogP contribution in [0.15, 0.2) is 42.9 Å². The molecule has 5 nitrogen and oxygen atoms in total. The lowest BCUT2D eigenvalue weighted by Gasteiger charge is -2.35. The number of aliphatic hydroxyl groups is 1. The molecule has 2 N–H and O–H groups in total. The quantitative estimate of drug-likeness (QED) is 0.633. The van der Waals surface area contributed by atoms with E-state index in [4.69, 9.17) is 11.6 Å². The Hall–Kier alpha value is -2.24. The van der Waals surface area contributed by atoms with Gasteiger partial charge in [-0.05, 0) is 63.6 Å². The summed E-state index contributed by atoms with van der Waals surface area (Å²) >= 11 is 6.06. The van der Waals surface area contributed by atoms with Gasteiger partial charge in [-0.15, -0.1) is 0 Å². The third-order valence-electron chi connectivity index (χ3n) is 5.88. The highest BCUT2D eigenvalue weighted by atomic mass is 35.5. The van der Waals surface area contributed by atoms with Crippen LogP contribution in [0.4, 0.5) is 0 Å². The van der Waals surface area contributed by atoms with Gasteiger partial charge in [-0.2, -0.15) is 5.10 Å². The Bertz CT molecular complexity index is 923. The first-order valence-electron chi connectivity index (χ1n) is 9.76. The first-order valence-corrected chi connectivity index (χ1v) is 10.1. The van der Waals surface area contributed by atoms with E-state index in [9.17, 15) is 5.11 Å². The summed E-state index contributed by atoms with van der Waals surface area (Å²) in [6, 6.07) is 9.65. The molecule has 0 spiro atoms. The van der Waals surface area contributed by atoms with Crippen molar-refractivity contribution in [3.63, 3.8) is 0 Å². The van der Waals surface area contributed by atoms with E-state index in [2.05, 4.69) is 20.2 Å². The molecule has 0 radical (unpaired) electrons. The largest absolute Gasteiger partial charge is 0.390 e. The molecule has 6 heteroatoms. The number of rotatable bonds is 4. The van der Waals surface area contributed by atoms with Gasteiger partial charge in [0, 0.05) is 34.0 Å². The molecule has 0 unspecified atom stereocenters. The van der Waals surface area contributed by atoms with Crippen LogP contribution in [0.2, 0.25) is 5.02 Å². The topological polar surface area (TPSA) is 74.7 Å². The van der Waals surface area contributed by atoms with E-state index in [0.717, 1.165) is 53.9 Å². The minimum Gasteiger partial charge on any atom is -0.390 e. The average Bonchev–Trinajstić information content (AvgIpc) is 3.14. The molecule has 1 aliphatic rings. The number of halogens is 1. The van der Waals surface area contributed by atoms with Crippen LogP contribution < -0.4 is 0 Å². The van der Waals surface area contributed by atoms with Gasteiger partial charge in [0.1, 0.15) is 12.0 Å². The third kappa shape index (κ3) is 3.82. The standard InChI is InChI=1S/C22H25ClN4O/c1-22(2,28)16-7-3-14(4-8-16)20-19(18-11-12-24-13-25-18)21(27-26-20)15-5-9-17(23)10-6-15/h5-6,9-14,16,28H,3-4,7-8H2,1-2H3,(H,26,27)/t14-,16-. The molecule has 0 amide bonds. The van der Waals surface area contributed by atoms with Crippen LogP contribution in [-0.2, 0) is 0 Å². The minimum absolute atomic E-state index is 0.338. The summed E-state index contributed by atoms with van der Waals surface area (Å²) in [4.78, 5) is 8.56. The van der Waals surface area contributed by atoms with Crippen molar-refractivity contribution in [3.05, 3.63) is 53.6 Å². The van der Waals surface area contributed by atoms with E-state index >= 15 is 0 Å². The maximum Gasteiger partial charge on any atom is 0.116 e. The van der Waals surface area contributed by atoms with Gasteiger partial charge in [0.05, 0.1) is 11.3 Å². The number of hydrogen-bond donors (Lipinski definition) is 2. The number of H-pyrrole nitrogens is 1. The van der Waals surface area contributed by atoms with Crippen molar-refractivity contribution >= 4 is 11.6 Å². The Morgan fingerprint density at radius 1 is 1.07 bits per heavy atom. The molecule has 4 rings (SSSR count). The Morgan fingerprint density at radius 3 is 2.39 bits per heavy atom. The molecule has 0 saturated heterocycles. The van der Waals surface area contributed by atoms with Gasteiger partial charge in [-0.1, -0.05) is 23.7 Å². The van der Waals surface area contributed by atoms with Crippen LogP contribution in [0.5, 0.6) is 0 Å². The summed E-state index contributed by atoms with van der Waals surface area (Å²) in [7, 11) is 0. The van der Waals surface area contributed by atoms with Gasteiger partial charge >= 0.3 is 0 Å². The molecule has 1 saturated carbocycles. The van der Waals surface area contributed by atoms with Gasteiger partial charge in [-0.25, -0.2) is 9.97 Å². The first kappa shape index (κ1) is 19.1. The Kier molecular flexibility index (Phi) is 5.21. The molecule has 3 aromatic rings. The number of benzene rings is 1. The van der Waals surface area contributed by atoms with E-state index in [1.165, 1.54) is 0 Å². The van der Waals surface area contributed by atoms with Gasteiger partial charge in [0.25, 0.3) is 0 Å². The van der Waals surface area contributed by atoms with Crippen LogP contribution in [0.1, 0.15) is 51.1 Å². The fraction of sp³-hybridized carbons (Fsp3) is 0.409. The maximum atomic E-state index is 10.4. The van der Waals surface area contributed by atoms with Crippen molar-refractivity contribution in [2.75, 3.05) is 0 Å². The predicted molar refractivity (Wildman–Crippen MR) is 111 cm³/mol. The fourth-order valence-electron chi connectivity index (χ4n) is 4.25. The fourth-order valence-corrected chi connectivity index (χ4v) is 4.38. The van der Waals surface area contributed by atoms with E-state index in [0.29, 0.717) is 16.9 Å². The van der Waals surface area contributed by atoms with Crippen LogP contribution in [0.25, 0.3) is 22.5 Å². The summed E-state index contributed by atoms with van der Waals surface area (Å²) in [5.74, 6) is 0.710. The Labute approximate surface area is 170 Å². The Morgan fingerprint density at radius 2 is 1.79 bits per heavy atom. The van der Waals surface area contributed by atoms with E-state index in [1.54, 1.807) is 12.5 Å². The van der Waals surface area contributed by atoms with E-state index in [1.807, 2.05) is 44.2 Å². The zero-order valence-corrected chi connectivity index (χ0v) is 16.9. The first-order chi connectivity index (χ1) is 13.4. The van der Waals surface area contributed by atoms with Crippen molar-refractivity contribution in [1.29, 1.82) is 0 Å². The second-order valence-corrected chi connectivity index (χ2v) is 8.60. The van der Waals surface area contributed by atoms with Crippen LogP contribution in [0.3, 0.4) is 0 Å². The third-order valence-corrected chi connectivity index (χ3v) is 6.14. The van der Waals surface area contributed by atoms with Crippen molar-refractivity contribution in [2.45, 2.75) is 51.0 Å². The highest BCUT2D eigenvalue weighted by Gasteiger charge is 2.34. The number of nitrogens with one attached hydrogen (secondary N) is 1. The number of aromatic amines is 1. The SMILES string of the molecule is CC(C)(O)[C@H]1CC[C@H](c2[nH]nc(-c3ccc(Cl)cc3)c2-c2ccncn2)CC1. The molecule has 0 atom stereocenters. The van der Waals surface area contributed by atoms with Crippen molar-refractivity contribution in [2.24, 2.45) is 5.92 Å². The number of aromatic nitrogens is 4. The lowest BCUT2D eigenvalue weighted by Crippen LogP contribution is -2.33. The lowest BCUT2D eigenvalue weighted by molar-refractivity contribution is -0.00170. The zero-order chi connectivity index (χ0) is 19.7. The molecular formula is C22H25ClN4O. The second-order valence-electron chi connectivity index (χ2n) is 8.16. The number of hydrogen-bond acceptors (Lipinski definition) is 4. The number of nitrogens with zero attached hydrogens (tertiary/aromatic N) is 3. The Balaban J connectivity index is 1.71. The van der Waals surface area contributed by atoms with Gasteiger partial charge < -0.3 is 5.11 Å². The minimum atomic E-state index is -0.622. The molecule has 2 aromatic heterocycles. The second kappa shape index (κ2) is 7.64. The molecule has 28 heavy (non-hydrogen) atoms. The van der Waals surface area contributed by atoms with Gasteiger partial charge in [-0.3, -0.25) is 5.10 Å². The molecule has 1 aromatic carbocycles. The van der Waals surface area contributed by atoms with Gasteiger partial charge in [0.15, 0.2) is 0 Å². The van der Waals surface area contributed by atoms with Crippen molar-refractivity contribution in [1.82, 2.24) is 20.2 Å². The molecule has 0 aliphatic heterocycles. The van der Waals surface area contributed by atoms with E-state index in [-0.39, 0.29) is 0 Å². The highest BCUT2D eigenvalue weighted by molar-refractivity contribution is 6.30. The highest BCUT2D eigenvalue weighted by Crippen LogP contribution is 2.44. The summed E-state index contributed by atoms with van der Waals surface area (Å²) in [5, 5.41) is 19.0. The molecule has 2 heterocycles. The van der Waals surface area contributed by atoms with Crippen molar-refractivity contribution in [3.8, 4) is 22.5 Å². The summed E-state index contributed by atoms with van der Waals surface area (Å²) < 4.78 is 0. The van der Waals surface area contributed by atoms with E-state index < -0.39 is 5.60 Å². The molecule has 1 fully saturated rings. The van der Waals surface area contributed by atoms with Gasteiger partial charge in [0.2, 0.25) is 0 Å². The molecular weight excluding hydrogens is 372 g/mol. The van der Waals surface area contributed by atoms with Crippen LogP contribution in [0, 0.1) is 5.92 Å². The lowest BCUT2D eigenvalue weighted by atomic mass is 9.73. The molecule has 1 aliphatic carbocycles. The van der Waals surface area contributed by atoms with Crippen LogP contribution in [-0.4, -0.2) is 30.9 Å². The molecule has 146 valence electrons. The summed E-state index contributed by atoms with van der Waals surface area (Å²) in [5.41, 5.74) is 4.30.